The van der Waals surface area contributed by atoms with E-state index in [2.05, 4.69) is 9.97 Å². The Morgan fingerprint density at radius 2 is 1.86 bits per heavy atom. The molecule has 1 aliphatic heterocycles. The molecule has 1 aromatic heterocycles. The van der Waals surface area contributed by atoms with Crippen LogP contribution in [0.25, 0.3) is 11.0 Å². The van der Waals surface area contributed by atoms with Crippen molar-refractivity contribution in [2.75, 3.05) is 12.5 Å². The Morgan fingerprint density at radius 1 is 1.14 bits per heavy atom. The molecule has 0 aliphatic carbocycles. The minimum atomic E-state index is 0.251. The van der Waals surface area contributed by atoms with E-state index in [0.29, 0.717) is 22.8 Å². The molecule has 5 heteroatoms. The Labute approximate surface area is 79.5 Å². The van der Waals surface area contributed by atoms with E-state index < -0.39 is 0 Å². The maximum atomic E-state index is 5.52. The fourth-order valence-electron chi connectivity index (χ4n) is 1.42. The van der Waals surface area contributed by atoms with Crippen molar-refractivity contribution in [3.63, 3.8) is 0 Å². The van der Waals surface area contributed by atoms with E-state index in [4.69, 9.17) is 15.2 Å². The minimum Gasteiger partial charge on any atom is -0.454 e. The van der Waals surface area contributed by atoms with Crippen LogP contribution in [0.4, 0.5) is 5.82 Å². The fraction of sp³-hybridized carbons (Fsp3) is 0.111. The lowest BCUT2D eigenvalue weighted by atomic mass is 10.2. The molecule has 0 saturated heterocycles. The number of nitrogen functional groups attached to an aromatic ring is 1. The molecule has 0 unspecified atom stereocenters. The van der Waals surface area contributed by atoms with E-state index in [1.54, 1.807) is 12.1 Å². The standard InChI is InChI=1S/C9H7N3O2/c10-9-3-11-5-1-7-8(14-4-13-7)2-6(5)12-9/h1-3H,4H2,(H2,10,12). The highest BCUT2D eigenvalue weighted by Crippen LogP contribution is 2.34. The summed E-state index contributed by atoms with van der Waals surface area (Å²) in [5, 5.41) is 0. The van der Waals surface area contributed by atoms with E-state index in [0.717, 1.165) is 5.52 Å². The quantitative estimate of drug-likeness (QED) is 0.667. The van der Waals surface area contributed by atoms with Crippen LogP contribution in [-0.4, -0.2) is 16.8 Å². The molecule has 3 rings (SSSR count). The van der Waals surface area contributed by atoms with Crippen molar-refractivity contribution >= 4 is 16.9 Å². The molecule has 70 valence electrons. The Hall–Kier alpha value is -2.04. The van der Waals surface area contributed by atoms with Gasteiger partial charge in [0.15, 0.2) is 11.5 Å². The summed E-state index contributed by atoms with van der Waals surface area (Å²) in [6, 6.07) is 3.57. The van der Waals surface area contributed by atoms with Gasteiger partial charge in [0.1, 0.15) is 5.82 Å². The Balaban J connectivity index is 2.33. The molecule has 2 heterocycles. The molecule has 0 atom stereocenters. The first-order chi connectivity index (χ1) is 6.83. The summed E-state index contributed by atoms with van der Waals surface area (Å²) in [5.41, 5.74) is 6.99. The van der Waals surface area contributed by atoms with Crippen molar-refractivity contribution in [2.24, 2.45) is 0 Å². The number of anilines is 1. The molecule has 0 saturated carbocycles. The highest BCUT2D eigenvalue weighted by atomic mass is 16.7. The van der Waals surface area contributed by atoms with Crippen molar-refractivity contribution in [1.82, 2.24) is 9.97 Å². The largest absolute Gasteiger partial charge is 0.454 e. The number of aromatic nitrogens is 2. The minimum absolute atomic E-state index is 0.251. The molecule has 0 spiro atoms. The summed E-state index contributed by atoms with van der Waals surface area (Å²) < 4.78 is 10.4. The van der Waals surface area contributed by atoms with E-state index >= 15 is 0 Å². The number of rotatable bonds is 0. The third kappa shape index (κ3) is 0.953. The van der Waals surface area contributed by atoms with Gasteiger partial charge in [-0.3, -0.25) is 4.98 Å². The first kappa shape index (κ1) is 7.37. The molecular weight excluding hydrogens is 182 g/mol. The molecule has 2 N–H and O–H groups in total. The number of hydrogen-bond donors (Lipinski definition) is 1. The van der Waals surface area contributed by atoms with Crippen LogP contribution in [0.15, 0.2) is 18.3 Å². The zero-order valence-corrected chi connectivity index (χ0v) is 7.23. The van der Waals surface area contributed by atoms with Gasteiger partial charge in [-0.05, 0) is 0 Å². The van der Waals surface area contributed by atoms with Crippen molar-refractivity contribution < 1.29 is 9.47 Å². The monoisotopic (exact) mass is 189 g/mol. The molecule has 14 heavy (non-hydrogen) atoms. The zero-order chi connectivity index (χ0) is 9.54. The van der Waals surface area contributed by atoms with Crippen LogP contribution in [0.5, 0.6) is 11.5 Å². The van der Waals surface area contributed by atoms with E-state index in [1.165, 1.54) is 6.20 Å². The van der Waals surface area contributed by atoms with Crippen molar-refractivity contribution in [2.45, 2.75) is 0 Å². The number of hydrogen-bond acceptors (Lipinski definition) is 5. The Kier molecular flexibility index (Phi) is 1.30. The molecular formula is C9H7N3O2. The van der Waals surface area contributed by atoms with Crippen LogP contribution in [0.2, 0.25) is 0 Å². The molecule has 0 radical (unpaired) electrons. The maximum Gasteiger partial charge on any atom is 0.231 e. The van der Waals surface area contributed by atoms with Crippen LogP contribution in [0, 0.1) is 0 Å². The highest BCUT2D eigenvalue weighted by molar-refractivity contribution is 5.80. The number of nitrogens with two attached hydrogens (primary N) is 1. The Bertz CT molecular complexity index is 513. The molecule has 1 aliphatic rings. The SMILES string of the molecule is Nc1cnc2cc3c(cc2n1)OCO3. The normalized spacial score (nSPS) is 13.4. The predicted octanol–water partition coefficient (Wildman–Crippen LogP) is 0.941. The molecule has 0 bridgehead atoms. The third-order valence-corrected chi connectivity index (χ3v) is 2.06. The molecule has 1 aromatic carbocycles. The van der Waals surface area contributed by atoms with Crippen LogP contribution in [-0.2, 0) is 0 Å². The highest BCUT2D eigenvalue weighted by Gasteiger charge is 2.14. The van der Waals surface area contributed by atoms with Crippen LogP contribution in [0.1, 0.15) is 0 Å². The second-order valence-electron chi connectivity index (χ2n) is 2.99. The smallest absolute Gasteiger partial charge is 0.231 e. The molecule has 0 amide bonds. The number of benzene rings is 1. The number of nitrogens with zero attached hydrogens (tertiary/aromatic N) is 2. The van der Waals surface area contributed by atoms with Crippen molar-refractivity contribution in [3.8, 4) is 11.5 Å². The van der Waals surface area contributed by atoms with E-state index in [1.807, 2.05) is 0 Å². The molecule has 0 fully saturated rings. The van der Waals surface area contributed by atoms with Gasteiger partial charge in [0.25, 0.3) is 0 Å². The number of ether oxygens (including phenoxy) is 2. The van der Waals surface area contributed by atoms with Gasteiger partial charge in [-0.1, -0.05) is 0 Å². The summed E-state index contributed by atoms with van der Waals surface area (Å²) in [4.78, 5) is 8.27. The van der Waals surface area contributed by atoms with Crippen LogP contribution in [0.3, 0.4) is 0 Å². The number of fused-ring (bicyclic) bond motifs is 2. The lowest BCUT2D eigenvalue weighted by molar-refractivity contribution is 0.174. The van der Waals surface area contributed by atoms with Gasteiger partial charge < -0.3 is 15.2 Å². The summed E-state index contributed by atoms with van der Waals surface area (Å²) in [6.45, 7) is 0.251. The van der Waals surface area contributed by atoms with Gasteiger partial charge in [0.2, 0.25) is 6.79 Å². The second-order valence-corrected chi connectivity index (χ2v) is 2.99. The van der Waals surface area contributed by atoms with E-state index in [9.17, 15) is 0 Å². The lowest BCUT2D eigenvalue weighted by Crippen LogP contribution is -1.92. The van der Waals surface area contributed by atoms with Gasteiger partial charge in [-0.2, -0.15) is 0 Å². The topological polar surface area (TPSA) is 70.3 Å². The summed E-state index contributed by atoms with van der Waals surface area (Å²) in [5.74, 6) is 1.80. The second kappa shape index (κ2) is 2.47. The first-order valence-corrected chi connectivity index (χ1v) is 4.15. The third-order valence-electron chi connectivity index (χ3n) is 2.06. The van der Waals surface area contributed by atoms with Crippen LogP contribution < -0.4 is 15.2 Å². The summed E-state index contributed by atoms with van der Waals surface area (Å²) >= 11 is 0. The van der Waals surface area contributed by atoms with Crippen molar-refractivity contribution in [3.05, 3.63) is 18.3 Å². The zero-order valence-electron chi connectivity index (χ0n) is 7.23. The van der Waals surface area contributed by atoms with Gasteiger partial charge in [-0.25, -0.2) is 4.98 Å². The average molecular weight is 189 g/mol. The van der Waals surface area contributed by atoms with Gasteiger partial charge in [0.05, 0.1) is 17.2 Å². The predicted molar refractivity (Wildman–Crippen MR) is 50.1 cm³/mol. The van der Waals surface area contributed by atoms with Gasteiger partial charge >= 0.3 is 0 Å². The average Bonchev–Trinajstić information content (AvgIpc) is 2.61. The molecule has 2 aromatic rings. The van der Waals surface area contributed by atoms with Crippen LogP contribution >= 0.6 is 0 Å². The maximum absolute atomic E-state index is 5.52. The van der Waals surface area contributed by atoms with E-state index in [-0.39, 0.29) is 6.79 Å². The fourth-order valence-corrected chi connectivity index (χ4v) is 1.42. The van der Waals surface area contributed by atoms with Gasteiger partial charge in [-0.15, -0.1) is 0 Å². The van der Waals surface area contributed by atoms with Gasteiger partial charge in [0, 0.05) is 12.1 Å². The summed E-state index contributed by atoms with van der Waals surface area (Å²) in [7, 11) is 0. The van der Waals surface area contributed by atoms with Crippen molar-refractivity contribution in [1.29, 1.82) is 0 Å². The Morgan fingerprint density at radius 3 is 2.64 bits per heavy atom. The lowest BCUT2D eigenvalue weighted by Gasteiger charge is -1.99. The molecule has 5 nitrogen and oxygen atoms in total. The summed E-state index contributed by atoms with van der Waals surface area (Å²) in [6.07, 6.45) is 1.52. The first-order valence-electron chi connectivity index (χ1n) is 4.15.